The van der Waals surface area contributed by atoms with Gasteiger partial charge in [-0.15, -0.1) is 6.42 Å². The Bertz CT molecular complexity index is 345. The lowest BCUT2D eigenvalue weighted by Gasteiger charge is -2.08. The van der Waals surface area contributed by atoms with E-state index in [0.717, 1.165) is 24.1 Å². The van der Waals surface area contributed by atoms with Crippen LogP contribution < -0.4 is 0 Å². The maximum atomic E-state index is 5.46. The van der Waals surface area contributed by atoms with Gasteiger partial charge < -0.3 is 0 Å². The number of terminal acetylenes is 1. The Hall–Kier alpha value is -1.36. The van der Waals surface area contributed by atoms with Crippen molar-refractivity contribution < 1.29 is 0 Å². The molecule has 0 spiro atoms. The summed E-state index contributed by atoms with van der Waals surface area (Å²) in [5.41, 5.74) is 2.12. The van der Waals surface area contributed by atoms with Crippen molar-refractivity contribution in [3.63, 3.8) is 0 Å². The lowest BCUT2D eigenvalue weighted by atomic mass is 9.97. The van der Waals surface area contributed by atoms with Crippen molar-refractivity contribution >= 4 is 0 Å². The number of hydrogen-bond acceptors (Lipinski definition) is 2. The van der Waals surface area contributed by atoms with E-state index in [0.29, 0.717) is 0 Å². The van der Waals surface area contributed by atoms with E-state index in [1.54, 1.807) is 6.33 Å². The molecule has 0 unspecified atom stereocenters. The number of aryl methyl sites for hydroxylation is 1. The molecule has 60 valence electrons. The van der Waals surface area contributed by atoms with E-state index in [4.69, 9.17) is 6.42 Å². The highest BCUT2D eigenvalue weighted by molar-refractivity contribution is 5.41. The van der Waals surface area contributed by atoms with Crippen molar-refractivity contribution in [3.05, 3.63) is 23.8 Å². The van der Waals surface area contributed by atoms with E-state index in [1.165, 1.54) is 0 Å². The monoisotopic (exact) mass is 158 g/mol. The minimum Gasteiger partial charge on any atom is -0.244 e. The van der Waals surface area contributed by atoms with Gasteiger partial charge >= 0.3 is 0 Å². The third-order valence-electron chi connectivity index (χ3n) is 2.45. The summed E-state index contributed by atoms with van der Waals surface area (Å²) >= 11 is 0. The molecule has 0 radical (unpaired) electrons. The van der Waals surface area contributed by atoms with Crippen LogP contribution in [0, 0.1) is 19.3 Å². The molecule has 0 bridgehead atoms. The van der Waals surface area contributed by atoms with Crippen LogP contribution in [0.25, 0.3) is 0 Å². The minimum atomic E-state index is -0.0225. The number of nitrogens with zero attached hydrogens (tertiary/aromatic N) is 2. The van der Waals surface area contributed by atoms with Crippen LogP contribution in [0.3, 0.4) is 0 Å². The molecule has 1 fully saturated rings. The molecule has 2 heteroatoms. The van der Waals surface area contributed by atoms with Crippen molar-refractivity contribution in [2.75, 3.05) is 0 Å². The third kappa shape index (κ3) is 0.902. The average Bonchev–Trinajstić information content (AvgIpc) is 2.86. The van der Waals surface area contributed by atoms with E-state index < -0.39 is 0 Å². The first-order valence-corrected chi connectivity index (χ1v) is 4.03. The molecule has 1 heterocycles. The summed E-state index contributed by atoms with van der Waals surface area (Å²) in [4.78, 5) is 8.12. The van der Waals surface area contributed by atoms with Crippen LogP contribution in [0.1, 0.15) is 24.1 Å². The van der Waals surface area contributed by atoms with E-state index in [9.17, 15) is 0 Å². The molecule has 0 N–H and O–H groups in total. The van der Waals surface area contributed by atoms with Gasteiger partial charge in [-0.05, 0) is 19.8 Å². The summed E-state index contributed by atoms with van der Waals surface area (Å²) in [6, 6.07) is 0. The van der Waals surface area contributed by atoms with Crippen LogP contribution >= 0.6 is 0 Å². The lowest BCUT2D eigenvalue weighted by Crippen LogP contribution is -2.06. The van der Waals surface area contributed by atoms with E-state index in [1.807, 2.05) is 13.1 Å². The van der Waals surface area contributed by atoms with Crippen molar-refractivity contribution in [1.29, 1.82) is 0 Å². The standard InChI is InChI=1S/C10H10N2/c1-3-10(4-5-10)9-6-11-7-12-8(9)2/h1,6-7H,4-5H2,2H3. The van der Waals surface area contributed by atoms with Crippen LogP contribution in [-0.4, -0.2) is 9.97 Å². The Morgan fingerprint density at radius 1 is 1.58 bits per heavy atom. The van der Waals surface area contributed by atoms with Gasteiger partial charge in [0, 0.05) is 17.5 Å². The molecule has 0 amide bonds. The summed E-state index contributed by atoms with van der Waals surface area (Å²) in [6.45, 7) is 1.98. The smallest absolute Gasteiger partial charge is 0.115 e. The molecule has 0 aromatic carbocycles. The summed E-state index contributed by atoms with van der Waals surface area (Å²) < 4.78 is 0. The third-order valence-corrected chi connectivity index (χ3v) is 2.45. The first-order valence-electron chi connectivity index (χ1n) is 4.03. The summed E-state index contributed by atoms with van der Waals surface area (Å²) in [6.07, 6.45) is 11.0. The van der Waals surface area contributed by atoms with Crippen LogP contribution in [0.5, 0.6) is 0 Å². The molecular weight excluding hydrogens is 148 g/mol. The largest absolute Gasteiger partial charge is 0.244 e. The van der Waals surface area contributed by atoms with Gasteiger partial charge in [-0.2, -0.15) is 0 Å². The molecule has 1 aromatic heterocycles. The van der Waals surface area contributed by atoms with Crippen molar-refractivity contribution in [2.24, 2.45) is 0 Å². The molecule has 2 rings (SSSR count). The quantitative estimate of drug-likeness (QED) is 0.578. The van der Waals surface area contributed by atoms with Crippen LogP contribution in [0.4, 0.5) is 0 Å². The van der Waals surface area contributed by atoms with Gasteiger partial charge in [-0.25, -0.2) is 9.97 Å². The second kappa shape index (κ2) is 2.31. The van der Waals surface area contributed by atoms with E-state index in [2.05, 4.69) is 15.9 Å². The minimum absolute atomic E-state index is 0.0225. The van der Waals surface area contributed by atoms with Crippen molar-refractivity contribution in [1.82, 2.24) is 9.97 Å². The van der Waals surface area contributed by atoms with Gasteiger partial charge in [0.05, 0.1) is 5.41 Å². The summed E-state index contributed by atoms with van der Waals surface area (Å²) in [7, 11) is 0. The zero-order valence-corrected chi connectivity index (χ0v) is 7.04. The molecule has 1 saturated carbocycles. The normalized spacial score (nSPS) is 18.3. The van der Waals surface area contributed by atoms with Crippen LogP contribution in [0.15, 0.2) is 12.5 Å². The first-order chi connectivity index (χ1) is 5.78. The zero-order chi connectivity index (χ0) is 8.60. The molecule has 0 aliphatic heterocycles. The maximum absolute atomic E-state index is 5.46. The summed E-state index contributed by atoms with van der Waals surface area (Å²) in [5, 5.41) is 0. The second-order valence-electron chi connectivity index (χ2n) is 3.25. The molecule has 1 aliphatic rings. The van der Waals surface area contributed by atoms with Gasteiger partial charge in [0.15, 0.2) is 0 Å². The highest BCUT2D eigenvalue weighted by atomic mass is 14.8. The first kappa shape index (κ1) is 7.30. The predicted octanol–water partition coefficient (Wildman–Crippen LogP) is 1.45. The molecule has 0 atom stereocenters. The zero-order valence-electron chi connectivity index (χ0n) is 7.04. The Labute approximate surface area is 72.1 Å². The van der Waals surface area contributed by atoms with Gasteiger partial charge in [0.25, 0.3) is 0 Å². The highest BCUT2D eigenvalue weighted by Gasteiger charge is 2.44. The van der Waals surface area contributed by atoms with Crippen molar-refractivity contribution in [2.45, 2.75) is 25.2 Å². The van der Waals surface area contributed by atoms with E-state index >= 15 is 0 Å². The number of aromatic nitrogens is 2. The average molecular weight is 158 g/mol. The predicted molar refractivity (Wildman–Crippen MR) is 46.5 cm³/mol. The molecule has 0 saturated heterocycles. The highest BCUT2D eigenvalue weighted by Crippen LogP contribution is 2.47. The van der Waals surface area contributed by atoms with Gasteiger partial charge in [-0.3, -0.25) is 0 Å². The van der Waals surface area contributed by atoms with Crippen LogP contribution in [0.2, 0.25) is 0 Å². The second-order valence-corrected chi connectivity index (χ2v) is 3.25. The maximum Gasteiger partial charge on any atom is 0.115 e. The fourth-order valence-electron chi connectivity index (χ4n) is 1.48. The fraction of sp³-hybridized carbons (Fsp3) is 0.400. The van der Waals surface area contributed by atoms with E-state index in [-0.39, 0.29) is 5.41 Å². The topological polar surface area (TPSA) is 25.8 Å². The Morgan fingerprint density at radius 3 is 2.83 bits per heavy atom. The Balaban J connectivity index is 2.48. The Morgan fingerprint density at radius 2 is 2.33 bits per heavy atom. The van der Waals surface area contributed by atoms with Gasteiger partial charge in [0.1, 0.15) is 6.33 Å². The Kier molecular flexibility index (Phi) is 1.41. The van der Waals surface area contributed by atoms with Gasteiger partial charge in [0.2, 0.25) is 0 Å². The molecule has 1 aromatic rings. The summed E-state index contributed by atoms with van der Waals surface area (Å²) in [5.74, 6) is 2.83. The molecular formula is C10H10N2. The lowest BCUT2D eigenvalue weighted by molar-refractivity contribution is 0.873. The fourth-order valence-corrected chi connectivity index (χ4v) is 1.48. The van der Waals surface area contributed by atoms with Crippen molar-refractivity contribution in [3.8, 4) is 12.3 Å². The molecule has 12 heavy (non-hydrogen) atoms. The van der Waals surface area contributed by atoms with Gasteiger partial charge in [-0.1, -0.05) is 5.92 Å². The molecule has 2 nitrogen and oxygen atoms in total. The molecule has 1 aliphatic carbocycles. The number of hydrogen-bond donors (Lipinski definition) is 0. The number of rotatable bonds is 1. The van der Waals surface area contributed by atoms with Crippen LogP contribution in [-0.2, 0) is 5.41 Å². The SMILES string of the molecule is C#CC1(c2cncnc2C)CC1.